The molecule has 0 saturated carbocycles. The molecule has 0 unspecified atom stereocenters. The van der Waals surface area contributed by atoms with Crippen LogP contribution in [0.2, 0.25) is 5.02 Å². The molecule has 37 heavy (non-hydrogen) atoms. The largest absolute Gasteiger partial charge is 0.454 e. The van der Waals surface area contributed by atoms with E-state index >= 15 is 0 Å². The number of halogens is 1. The first-order valence-electron chi connectivity index (χ1n) is 12.9. The van der Waals surface area contributed by atoms with Gasteiger partial charge in [-0.3, -0.25) is 4.79 Å². The van der Waals surface area contributed by atoms with E-state index in [-0.39, 0.29) is 18.6 Å². The number of benzene rings is 3. The van der Waals surface area contributed by atoms with E-state index < -0.39 is 0 Å². The molecule has 0 bridgehead atoms. The minimum Gasteiger partial charge on any atom is -0.454 e. The van der Waals surface area contributed by atoms with Crippen LogP contribution >= 0.6 is 11.6 Å². The van der Waals surface area contributed by atoms with E-state index in [1.165, 1.54) is 16.5 Å². The van der Waals surface area contributed by atoms with Crippen molar-refractivity contribution in [1.82, 2.24) is 9.47 Å². The number of amides is 1. The van der Waals surface area contributed by atoms with E-state index in [1.807, 2.05) is 41.3 Å². The van der Waals surface area contributed by atoms with Gasteiger partial charge in [0.25, 0.3) is 0 Å². The van der Waals surface area contributed by atoms with Crippen LogP contribution in [-0.4, -0.2) is 48.3 Å². The number of piperazine rings is 1. The van der Waals surface area contributed by atoms with Gasteiger partial charge in [-0.2, -0.15) is 0 Å². The van der Waals surface area contributed by atoms with Gasteiger partial charge in [-0.25, -0.2) is 0 Å². The molecule has 2 aliphatic rings. The lowest BCUT2D eigenvalue weighted by Gasteiger charge is -2.37. The quantitative estimate of drug-likeness (QED) is 0.320. The average Bonchev–Trinajstić information content (AvgIpc) is 3.56. The molecule has 1 amide bonds. The molecule has 0 spiro atoms. The number of carbonyl (C=O) groups excluding carboxylic acids is 1. The minimum atomic E-state index is -0.0960. The summed E-state index contributed by atoms with van der Waals surface area (Å²) in [6.45, 7) is 6.12. The van der Waals surface area contributed by atoms with Gasteiger partial charge >= 0.3 is 0 Å². The van der Waals surface area contributed by atoms with Gasteiger partial charge in [-0.15, -0.1) is 0 Å². The molecule has 0 radical (unpaired) electrons. The normalized spacial score (nSPS) is 15.8. The van der Waals surface area contributed by atoms with Crippen LogP contribution in [0.3, 0.4) is 0 Å². The van der Waals surface area contributed by atoms with E-state index in [9.17, 15) is 4.79 Å². The number of anilines is 1. The van der Waals surface area contributed by atoms with Gasteiger partial charge in [0.2, 0.25) is 12.7 Å². The highest BCUT2D eigenvalue weighted by Crippen LogP contribution is 2.40. The van der Waals surface area contributed by atoms with Crippen LogP contribution in [0.15, 0.2) is 72.9 Å². The molecule has 1 fully saturated rings. The van der Waals surface area contributed by atoms with Crippen molar-refractivity contribution in [3.8, 4) is 11.5 Å². The van der Waals surface area contributed by atoms with Crippen molar-refractivity contribution in [1.29, 1.82) is 0 Å². The molecule has 4 aromatic rings. The van der Waals surface area contributed by atoms with E-state index in [0.29, 0.717) is 19.5 Å². The Bertz CT molecular complexity index is 1440. The fraction of sp³-hybridized carbons (Fsp3) is 0.300. The molecule has 3 heterocycles. The summed E-state index contributed by atoms with van der Waals surface area (Å²) in [5.41, 5.74) is 4.44. The summed E-state index contributed by atoms with van der Waals surface area (Å²) in [7, 11) is 0. The number of para-hydroxylation sites is 2. The van der Waals surface area contributed by atoms with Gasteiger partial charge in [-0.1, -0.05) is 48.0 Å². The molecule has 7 heteroatoms. The van der Waals surface area contributed by atoms with Crippen molar-refractivity contribution in [3.05, 3.63) is 89.1 Å². The van der Waals surface area contributed by atoms with Crippen molar-refractivity contribution >= 4 is 34.1 Å². The Morgan fingerprint density at radius 3 is 2.51 bits per heavy atom. The zero-order valence-corrected chi connectivity index (χ0v) is 21.7. The predicted molar refractivity (Wildman–Crippen MR) is 147 cm³/mol. The highest BCUT2D eigenvalue weighted by Gasteiger charge is 2.29. The number of rotatable bonds is 6. The van der Waals surface area contributed by atoms with Gasteiger partial charge in [-0.05, 0) is 48.4 Å². The molecule has 6 rings (SSSR count). The Hall–Kier alpha value is -3.64. The molecule has 1 aromatic heterocycles. The summed E-state index contributed by atoms with van der Waals surface area (Å²) in [4.78, 5) is 18.0. The predicted octanol–water partition coefficient (Wildman–Crippen LogP) is 5.91. The zero-order valence-electron chi connectivity index (χ0n) is 20.9. The molecular weight excluding hydrogens is 486 g/mol. The van der Waals surface area contributed by atoms with Crippen molar-refractivity contribution in [2.75, 3.05) is 37.9 Å². The van der Waals surface area contributed by atoms with Crippen LogP contribution in [0.4, 0.5) is 5.69 Å². The Kier molecular flexibility index (Phi) is 6.43. The van der Waals surface area contributed by atoms with E-state index in [1.54, 1.807) is 0 Å². The number of hydrogen-bond acceptors (Lipinski definition) is 4. The number of fused-ring (bicyclic) bond motifs is 2. The SMILES string of the molecule is CCn1cc([C@@H](CC(=O)N2CCN(c3ccccc3Cl)CC2)c2ccc3c(c2)OCO3)c2ccccc21. The molecular formula is C30H30ClN3O3. The lowest BCUT2D eigenvalue weighted by Crippen LogP contribution is -2.49. The van der Waals surface area contributed by atoms with E-state index in [2.05, 4.69) is 52.9 Å². The van der Waals surface area contributed by atoms with Crippen LogP contribution in [-0.2, 0) is 11.3 Å². The minimum absolute atomic E-state index is 0.0960. The molecule has 0 aliphatic carbocycles. The monoisotopic (exact) mass is 515 g/mol. The maximum Gasteiger partial charge on any atom is 0.231 e. The first kappa shape index (κ1) is 23.7. The number of aryl methyl sites for hydroxylation is 1. The second-order valence-corrected chi connectivity index (χ2v) is 9.98. The maximum absolute atomic E-state index is 13.7. The third-order valence-electron chi connectivity index (χ3n) is 7.54. The Morgan fingerprint density at radius 1 is 0.946 bits per heavy atom. The Morgan fingerprint density at radius 2 is 1.70 bits per heavy atom. The zero-order chi connectivity index (χ0) is 25.4. The topological polar surface area (TPSA) is 46.9 Å². The van der Waals surface area contributed by atoms with Crippen molar-refractivity contribution in [3.63, 3.8) is 0 Å². The van der Waals surface area contributed by atoms with E-state index in [0.717, 1.165) is 47.4 Å². The highest BCUT2D eigenvalue weighted by molar-refractivity contribution is 6.33. The molecule has 1 atom stereocenters. The van der Waals surface area contributed by atoms with Gasteiger partial charge in [0.1, 0.15) is 0 Å². The van der Waals surface area contributed by atoms with Gasteiger partial charge in [0, 0.05) is 62.2 Å². The summed E-state index contributed by atoms with van der Waals surface area (Å²) in [5, 5.41) is 1.93. The van der Waals surface area contributed by atoms with Crippen molar-refractivity contribution in [2.45, 2.75) is 25.8 Å². The van der Waals surface area contributed by atoms with Gasteiger partial charge < -0.3 is 23.8 Å². The number of aromatic nitrogens is 1. The standard InChI is InChI=1S/C30H30ClN3O3/c1-2-32-19-24(22-7-3-5-9-26(22)32)23(21-11-12-28-29(17-21)37-20-36-28)18-30(35)34-15-13-33(14-16-34)27-10-6-4-8-25(27)31/h3-12,17,19,23H,2,13-16,18,20H2,1H3/t23-/m0/s1. The smallest absolute Gasteiger partial charge is 0.231 e. The summed E-state index contributed by atoms with van der Waals surface area (Å²) in [6, 6.07) is 22.4. The number of hydrogen-bond donors (Lipinski definition) is 0. The lowest BCUT2D eigenvalue weighted by atomic mass is 9.87. The molecule has 1 saturated heterocycles. The van der Waals surface area contributed by atoms with Gasteiger partial charge in [0.15, 0.2) is 11.5 Å². The molecule has 0 N–H and O–H groups in total. The van der Waals surface area contributed by atoms with Crippen LogP contribution < -0.4 is 14.4 Å². The summed E-state index contributed by atoms with van der Waals surface area (Å²) < 4.78 is 13.5. The first-order chi connectivity index (χ1) is 18.1. The third kappa shape index (κ3) is 4.51. The molecule has 190 valence electrons. The van der Waals surface area contributed by atoms with Crippen LogP contribution in [0.5, 0.6) is 11.5 Å². The molecule has 3 aromatic carbocycles. The number of carbonyl (C=O) groups is 1. The highest BCUT2D eigenvalue weighted by atomic mass is 35.5. The Labute approximate surface area is 221 Å². The van der Waals surface area contributed by atoms with Crippen LogP contribution in [0.1, 0.15) is 30.4 Å². The summed E-state index contributed by atoms with van der Waals surface area (Å²) in [6.07, 6.45) is 2.60. The fourth-order valence-corrected chi connectivity index (χ4v) is 5.82. The van der Waals surface area contributed by atoms with Crippen LogP contribution in [0, 0.1) is 0 Å². The average molecular weight is 516 g/mol. The Balaban J connectivity index is 1.28. The van der Waals surface area contributed by atoms with Gasteiger partial charge in [0.05, 0.1) is 10.7 Å². The van der Waals surface area contributed by atoms with E-state index in [4.69, 9.17) is 21.1 Å². The molecule has 2 aliphatic heterocycles. The lowest BCUT2D eigenvalue weighted by molar-refractivity contribution is -0.131. The summed E-state index contributed by atoms with van der Waals surface area (Å²) >= 11 is 6.42. The van der Waals surface area contributed by atoms with Crippen molar-refractivity contribution in [2.24, 2.45) is 0 Å². The number of nitrogens with zero attached hydrogens (tertiary/aromatic N) is 3. The molecule has 6 nitrogen and oxygen atoms in total. The fourth-order valence-electron chi connectivity index (χ4n) is 5.56. The van der Waals surface area contributed by atoms with Crippen LogP contribution in [0.25, 0.3) is 10.9 Å². The maximum atomic E-state index is 13.7. The first-order valence-corrected chi connectivity index (χ1v) is 13.2. The second kappa shape index (κ2) is 10.0. The van der Waals surface area contributed by atoms with Crippen molar-refractivity contribution < 1.29 is 14.3 Å². The second-order valence-electron chi connectivity index (χ2n) is 9.58. The number of ether oxygens (including phenoxy) is 2. The third-order valence-corrected chi connectivity index (χ3v) is 7.86. The summed E-state index contributed by atoms with van der Waals surface area (Å²) in [5.74, 6) is 1.55.